The van der Waals surface area contributed by atoms with E-state index < -0.39 is 6.04 Å². The first kappa shape index (κ1) is 19.1. The first-order valence-corrected chi connectivity index (χ1v) is 10.1. The number of halogens is 1. The second-order valence-corrected chi connectivity index (χ2v) is 7.73. The lowest BCUT2D eigenvalue weighted by Crippen LogP contribution is -2.30. The van der Waals surface area contributed by atoms with Crippen molar-refractivity contribution in [3.05, 3.63) is 101 Å². The first-order chi connectivity index (χ1) is 15.0. The van der Waals surface area contributed by atoms with Crippen molar-refractivity contribution in [3.63, 3.8) is 0 Å². The number of hydrogen-bond donors (Lipinski definition) is 2. The lowest BCUT2D eigenvalue weighted by Gasteiger charge is -2.30. The number of aryl methyl sites for hydroxylation is 1. The van der Waals surface area contributed by atoms with Crippen LogP contribution in [0.15, 0.2) is 84.1 Å². The number of nitrogens with zero attached hydrogens (tertiary/aromatic N) is 2. The van der Waals surface area contributed by atoms with Gasteiger partial charge in [-0.1, -0.05) is 42.0 Å². The zero-order valence-corrected chi connectivity index (χ0v) is 17.2. The lowest BCUT2D eigenvalue weighted by molar-refractivity contribution is -0.113. The summed E-state index contributed by atoms with van der Waals surface area (Å²) in [6.45, 7) is 3.86. The SMILES string of the molecule is CC1=C(C(=O)Nc2ccc(C)cc2)C(c2ccc(F)cc2)n2c(nc3ccccc32)N1. The normalized spacial score (nSPS) is 15.5. The van der Waals surface area contributed by atoms with Crippen LogP contribution < -0.4 is 10.6 Å². The summed E-state index contributed by atoms with van der Waals surface area (Å²) >= 11 is 0. The molecule has 31 heavy (non-hydrogen) atoms. The van der Waals surface area contributed by atoms with Crippen molar-refractivity contribution < 1.29 is 9.18 Å². The molecule has 0 radical (unpaired) electrons. The minimum absolute atomic E-state index is 0.216. The zero-order chi connectivity index (χ0) is 21.5. The van der Waals surface area contributed by atoms with E-state index in [4.69, 9.17) is 4.98 Å². The number of carbonyl (C=O) groups excluding carboxylic acids is 1. The van der Waals surface area contributed by atoms with Gasteiger partial charge in [-0.05, 0) is 55.8 Å². The second-order valence-electron chi connectivity index (χ2n) is 7.73. The van der Waals surface area contributed by atoms with Crippen molar-refractivity contribution in [2.75, 3.05) is 10.6 Å². The van der Waals surface area contributed by atoms with Crippen LogP contribution in [0.2, 0.25) is 0 Å². The smallest absolute Gasteiger partial charge is 0.255 e. The second kappa shape index (κ2) is 7.40. The first-order valence-electron chi connectivity index (χ1n) is 10.1. The van der Waals surface area contributed by atoms with E-state index in [1.165, 1.54) is 12.1 Å². The highest BCUT2D eigenvalue weighted by atomic mass is 19.1. The number of rotatable bonds is 3. The van der Waals surface area contributed by atoms with Gasteiger partial charge in [-0.3, -0.25) is 9.36 Å². The fraction of sp³-hybridized carbons (Fsp3) is 0.120. The van der Waals surface area contributed by atoms with Crippen molar-refractivity contribution >= 4 is 28.6 Å². The summed E-state index contributed by atoms with van der Waals surface area (Å²) in [5.41, 5.74) is 5.63. The molecule has 5 rings (SSSR count). The van der Waals surface area contributed by atoms with Crippen molar-refractivity contribution in [2.24, 2.45) is 0 Å². The molecule has 2 heterocycles. The number of imidazole rings is 1. The number of amides is 1. The van der Waals surface area contributed by atoms with Gasteiger partial charge >= 0.3 is 0 Å². The molecule has 0 saturated heterocycles. The lowest BCUT2D eigenvalue weighted by atomic mass is 9.94. The molecule has 0 fully saturated rings. The average molecular weight is 412 g/mol. The fourth-order valence-electron chi connectivity index (χ4n) is 4.05. The molecular formula is C25H21FN4O. The van der Waals surface area contributed by atoms with E-state index in [0.717, 1.165) is 27.8 Å². The Balaban J connectivity index is 1.65. The number of carbonyl (C=O) groups is 1. The Labute approximate surface area is 179 Å². The molecule has 1 aromatic heterocycles. The molecule has 6 heteroatoms. The van der Waals surface area contributed by atoms with Gasteiger partial charge in [-0.2, -0.15) is 0 Å². The van der Waals surface area contributed by atoms with E-state index in [1.807, 2.05) is 66.9 Å². The highest BCUT2D eigenvalue weighted by molar-refractivity contribution is 6.06. The number of anilines is 2. The van der Waals surface area contributed by atoms with Crippen LogP contribution in [0.1, 0.15) is 24.1 Å². The quantitative estimate of drug-likeness (QED) is 0.473. The molecule has 0 bridgehead atoms. The Hall–Kier alpha value is -3.93. The molecule has 0 aliphatic carbocycles. The summed E-state index contributed by atoms with van der Waals surface area (Å²) in [5.74, 6) is 0.117. The van der Waals surface area contributed by atoms with Gasteiger partial charge in [0.2, 0.25) is 5.95 Å². The van der Waals surface area contributed by atoms with Crippen LogP contribution in [0.25, 0.3) is 11.0 Å². The van der Waals surface area contributed by atoms with Gasteiger partial charge < -0.3 is 10.6 Å². The number of nitrogens with one attached hydrogen (secondary N) is 2. The van der Waals surface area contributed by atoms with Crippen molar-refractivity contribution in [1.29, 1.82) is 0 Å². The number of aromatic nitrogens is 2. The maximum absolute atomic E-state index is 13.7. The molecule has 1 aliphatic rings. The van der Waals surface area contributed by atoms with E-state index in [9.17, 15) is 9.18 Å². The number of allylic oxidation sites excluding steroid dienone is 1. The minimum Gasteiger partial charge on any atom is -0.329 e. The summed E-state index contributed by atoms with van der Waals surface area (Å²) in [6.07, 6.45) is 0. The van der Waals surface area contributed by atoms with E-state index >= 15 is 0 Å². The molecule has 1 amide bonds. The summed E-state index contributed by atoms with van der Waals surface area (Å²) in [6, 6.07) is 21.3. The van der Waals surface area contributed by atoms with Crippen LogP contribution in [-0.4, -0.2) is 15.5 Å². The zero-order valence-electron chi connectivity index (χ0n) is 17.2. The molecule has 1 atom stereocenters. The Morgan fingerprint density at radius 3 is 2.45 bits per heavy atom. The number of para-hydroxylation sites is 2. The average Bonchev–Trinajstić information content (AvgIpc) is 3.13. The van der Waals surface area contributed by atoms with Crippen molar-refractivity contribution in [2.45, 2.75) is 19.9 Å². The monoisotopic (exact) mass is 412 g/mol. The molecule has 2 N–H and O–H groups in total. The highest BCUT2D eigenvalue weighted by Gasteiger charge is 2.34. The molecule has 0 spiro atoms. The van der Waals surface area contributed by atoms with E-state index in [1.54, 1.807) is 12.1 Å². The van der Waals surface area contributed by atoms with Crippen LogP contribution in [0.5, 0.6) is 0 Å². The third-order valence-corrected chi connectivity index (χ3v) is 5.57. The van der Waals surface area contributed by atoms with Gasteiger partial charge in [-0.15, -0.1) is 0 Å². The number of benzene rings is 3. The van der Waals surface area contributed by atoms with E-state index in [2.05, 4.69) is 10.6 Å². The third kappa shape index (κ3) is 3.36. The van der Waals surface area contributed by atoms with Gasteiger partial charge in [0.15, 0.2) is 0 Å². The molecule has 1 unspecified atom stereocenters. The number of fused-ring (bicyclic) bond motifs is 3. The topological polar surface area (TPSA) is 59.0 Å². The molecule has 3 aromatic carbocycles. The minimum atomic E-state index is -0.449. The van der Waals surface area contributed by atoms with E-state index in [-0.39, 0.29) is 11.7 Å². The predicted molar refractivity (Wildman–Crippen MR) is 120 cm³/mol. The van der Waals surface area contributed by atoms with Gasteiger partial charge in [0, 0.05) is 11.4 Å². The highest BCUT2D eigenvalue weighted by Crippen LogP contribution is 2.39. The van der Waals surface area contributed by atoms with Gasteiger partial charge in [0.05, 0.1) is 22.6 Å². The predicted octanol–water partition coefficient (Wildman–Crippen LogP) is 5.41. The maximum atomic E-state index is 13.7. The van der Waals surface area contributed by atoms with Gasteiger partial charge in [0.25, 0.3) is 5.91 Å². The Bertz CT molecular complexity index is 1320. The van der Waals surface area contributed by atoms with Crippen LogP contribution in [0.3, 0.4) is 0 Å². The summed E-state index contributed by atoms with van der Waals surface area (Å²) < 4.78 is 15.7. The summed E-state index contributed by atoms with van der Waals surface area (Å²) in [4.78, 5) is 18.2. The largest absolute Gasteiger partial charge is 0.329 e. The Kier molecular flexibility index (Phi) is 4.55. The molecule has 4 aromatic rings. The Morgan fingerprint density at radius 2 is 1.71 bits per heavy atom. The van der Waals surface area contributed by atoms with Gasteiger partial charge in [0.1, 0.15) is 5.82 Å². The molecule has 1 aliphatic heterocycles. The van der Waals surface area contributed by atoms with E-state index in [0.29, 0.717) is 17.2 Å². The molecular weight excluding hydrogens is 391 g/mol. The third-order valence-electron chi connectivity index (χ3n) is 5.57. The van der Waals surface area contributed by atoms with Crippen molar-refractivity contribution in [1.82, 2.24) is 9.55 Å². The molecule has 0 saturated carbocycles. The number of hydrogen-bond acceptors (Lipinski definition) is 3. The van der Waals surface area contributed by atoms with Crippen LogP contribution in [0.4, 0.5) is 16.0 Å². The van der Waals surface area contributed by atoms with Gasteiger partial charge in [-0.25, -0.2) is 9.37 Å². The van der Waals surface area contributed by atoms with Crippen LogP contribution in [0, 0.1) is 12.7 Å². The van der Waals surface area contributed by atoms with Crippen LogP contribution in [-0.2, 0) is 4.79 Å². The summed E-state index contributed by atoms with van der Waals surface area (Å²) in [5, 5.41) is 6.29. The Morgan fingerprint density at radius 1 is 1.00 bits per heavy atom. The molecule has 154 valence electrons. The maximum Gasteiger partial charge on any atom is 0.255 e. The fourth-order valence-corrected chi connectivity index (χ4v) is 4.05. The summed E-state index contributed by atoms with van der Waals surface area (Å²) in [7, 11) is 0. The standard InChI is InChI=1S/C25H21FN4O/c1-15-7-13-19(14-8-15)28-24(31)22-16(2)27-25-29-20-5-3-4-6-21(20)30(25)23(22)17-9-11-18(26)12-10-17/h3-14,23H,1-2H3,(H,27,29)(H,28,31). The molecule has 5 nitrogen and oxygen atoms in total. The van der Waals surface area contributed by atoms with Crippen molar-refractivity contribution in [3.8, 4) is 0 Å². The van der Waals surface area contributed by atoms with Crippen LogP contribution >= 0.6 is 0 Å².